The van der Waals surface area contributed by atoms with Crippen LogP contribution in [-0.4, -0.2) is 37.1 Å². The van der Waals surface area contributed by atoms with Gasteiger partial charge in [0.15, 0.2) is 0 Å². The van der Waals surface area contributed by atoms with Crippen molar-refractivity contribution in [3.05, 3.63) is 53.1 Å². The fourth-order valence-corrected chi connectivity index (χ4v) is 2.75. The zero-order valence-corrected chi connectivity index (χ0v) is 13.8. The molecule has 2 N–H and O–H groups in total. The molecule has 3 rings (SSSR count). The first-order valence-electron chi connectivity index (χ1n) is 7.70. The Balaban J connectivity index is 1.78. The molecule has 0 aliphatic carbocycles. The molecule has 0 aromatic heterocycles. The quantitative estimate of drug-likeness (QED) is 0.891. The van der Waals surface area contributed by atoms with E-state index in [4.69, 9.17) is 21.1 Å². The highest BCUT2D eigenvalue weighted by Gasteiger charge is 2.19. The van der Waals surface area contributed by atoms with Crippen LogP contribution in [0.2, 0.25) is 5.02 Å². The first-order chi connectivity index (χ1) is 11.6. The summed E-state index contributed by atoms with van der Waals surface area (Å²) >= 11 is 6.09. The highest BCUT2D eigenvalue weighted by Crippen LogP contribution is 2.33. The maximum Gasteiger partial charge on any atom is 0.255 e. The summed E-state index contributed by atoms with van der Waals surface area (Å²) < 4.78 is 10.5. The summed E-state index contributed by atoms with van der Waals surface area (Å²) in [6, 6.07) is 12.8. The van der Waals surface area contributed by atoms with Crippen molar-refractivity contribution in [1.29, 1.82) is 0 Å². The van der Waals surface area contributed by atoms with Crippen LogP contribution >= 0.6 is 11.6 Å². The van der Waals surface area contributed by atoms with E-state index in [0.29, 0.717) is 13.2 Å². The number of phenols is 1. The molecule has 1 amide bonds. The first-order valence-corrected chi connectivity index (χ1v) is 8.08. The van der Waals surface area contributed by atoms with Gasteiger partial charge in [-0.2, -0.15) is 0 Å². The van der Waals surface area contributed by atoms with Crippen LogP contribution < -0.4 is 5.32 Å². The van der Waals surface area contributed by atoms with Crippen LogP contribution in [-0.2, 0) is 9.47 Å². The lowest BCUT2D eigenvalue weighted by Gasteiger charge is -2.23. The third-order valence-corrected chi connectivity index (χ3v) is 4.16. The molecule has 0 spiro atoms. The molecule has 126 valence electrons. The zero-order chi connectivity index (χ0) is 16.9. The number of hydrogen-bond acceptors (Lipinski definition) is 4. The van der Waals surface area contributed by atoms with E-state index in [1.807, 2.05) is 30.3 Å². The Bertz CT molecular complexity index is 714. The van der Waals surface area contributed by atoms with Gasteiger partial charge in [-0.1, -0.05) is 41.9 Å². The van der Waals surface area contributed by atoms with Crippen molar-refractivity contribution in [1.82, 2.24) is 5.32 Å². The number of nitrogens with one attached hydrogen (secondary N) is 1. The van der Waals surface area contributed by atoms with E-state index in [-0.39, 0.29) is 35.1 Å². The second-order valence-electron chi connectivity index (χ2n) is 5.53. The van der Waals surface area contributed by atoms with Gasteiger partial charge in [0.1, 0.15) is 12.5 Å². The van der Waals surface area contributed by atoms with Crippen molar-refractivity contribution in [2.45, 2.75) is 12.5 Å². The van der Waals surface area contributed by atoms with Gasteiger partial charge in [-0.25, -0.2) is 0 Å². The van der Waals surface area contributed by atoms with Crippen LogP contribution in [0.3, 0.4) is 0 Å². The number of rotatable bonds is 4. The number of aromatic hydroxyl groups is 1. The molecule has 1 atom stereocenters. The lowest BCUT2D eigenvalue weighted by atomic mass is 10.0. The van der Waals surface area contributed by atoms with Crippen LogP contribution in [0.25, 0.3) is 11.1 Å². The average Bonchev–Trinajstić information content (AvgIpc) is 2.63. The number of benzene rings is 2. The summed E-state index contributed by atoms with van der Waals surface area (Å²) in [5.41, 5.74) is 1.83. The van der Waals surface area contributed by atoms with Crippen molar-refractivity contribution in [2.75, 3.05) is 19.9 Å². The Morgan fingerprint density at radius 1 is 1.25 bits per heavy atom. The molecule has 2 aromatic carbocycles. The minimum atomic E-state index is -0.387. The van der Waals surface area contributed by atoms with Crippen LogP contribution in [0.4, 0.5) is 0 Å². The van der Waals surface area contributed by atoms with Gasteiger partial charge in [0.2, 0.25) is 0 Å². The lowest BCUT2D eigenvalue weighted by molar-refractivity contribution is -0.136. The third kappa shape index (κ3) is 3.87. The topological polar surface area (TPSA) is 67.8 Å². The molecule has 24 heavy (non-hydrogen) atoms. The van der Waals surface area contributed by atoms with E-state index >= 15 is 0 Å². The van der Waals surface area contributed by atoms with Crippen LogP contribution in [0.5, 0.6) is 5.75 Å². The molecule has 1 aliphatic heterocycles. The Labute approximate surface area is 145 Å². The predicted octanol–water partition coefficient (Wildman–Crippen LogP) is 3.21. The van der Waals surface area contributed by atoms with Crippen molar-refractivity contribution < 1.29 is 19.4 Å². The molecule has 1 aliphatic rings. The second kappa shape index (κ2) is 7.66. The smallest absolute Gasteiger partial charge is 0.255 e. The van der Waals surface area contributed by atoms with E-state index in [9.17, 15) is 9.90 Å². The minimum Gasteiger partial charge on any atom is -0.506 e. The second-order valence-corrected chi connectivity index (χ2v) is 5.94. The molecule has 5 nitrogen and oxygen atoms in total. The van der Waals surface area contributed by atoms with Crippen molar-refractivity contribution in [2.24, 2.45) is 0 Å². The molecular weight excluding hydrogens is 330 g/mol. The predicted molar refractivity (Wildman–Crippen MR) is 91.2 cm³/mol. The average molecular weight is 348 g/mol. The van der Waals surface area contributed by atoms with Gasteiger partial charge in [-0.15, -0.1) is 0 Å². The van der Waals surface area contributed by atoms with Crippen LogP contribution in [0, 0.1) is 0 Å². The fraction of sp³-hybridized carbons (Fsp3) is 0.278. The number of carbonyl (C=O) groups is 1. The minimum absolute atomic E-state index is 0.0855. The largest absolute Gasteiger partial charge is 0.506 e. The molecule has 0 saturated carbocycles. The highest BCUT2D eigenvalue weighted by molar-refractivity contribution is 6.33. The Morgan fingerprint density at radius 3 is 2.75 bits per heavy atom. The van der Waals surface area contributed by atoms with Gasteiger partial charge in [0.25, 0.3) is 5.91 Å². The van der Waals surface area contributed by atoms with Crippen molar-refractivity contribution >= 4 is 17.5 Å². The molecule has 2 aromatic rings. The number of halogens is 1. The van der Waals surface area contributed by atoms with E-state index in [0.717, 1.165) is 17.5 Å². The maximum atomic E-state index is 12.4. The van der Waals surface area contributed by atoms with Gasteiger partial charge in [-0.05, 0) is 29.7 Å². The normalized spacial score (nSPS) is 17.5. The van der Waals surface area contributed by atoms with E-state index < -0.39 is 0 Å². The number of amides is 1. The van der Waals surface area contributed by atoms with E-state index in [1.165, 1.54) is 0 Å². The molecule has 1 saturated heterocycles. The lowest BCUT2D eigenvalue weighted by Crippen LogP contribution is -2.37. The molecule has 1 unspecified atom stereocenters. The van der Waals surface area contributed by atoms with E-state index in [1.54, 1.807) is 12.1 Å². The maximum absolute atomic E-state index is 12.4. The first kappa shape index (κ1) is 16.8. The standard InChI is InChI=1S/C18H18ClNO4/c19-16-9-13(12-4-2-1-3-5-12)8-15(17(16)21)18(22)20-10-14-6-7-23-11-24-14/h1-5,8-9,14,21H,6-7,10-11H2,(H,20,22). The van der Waals surface area contributed by atoms with Gasteiger partial charge in [0, 0.05) is 6.54 Å². The monoisotopic (exact) mass is 347 g/mol. The fourth-order valence-electron chi connectivity index (χ4n) is 2.53. The van der Waals surface area contributed by atoms with Crippen LogP contribution in [0.1, 0.15) is 16.8 Å². The Hall–Kier alpha value is -2.08. The molecule has 1 heterocycles. The highest BCUT2D eigenvalue weighted by atomic mass is 35.5. The Kier molecular flexibility index (Phi) is 5.35. The van der Waals surface area contributed by atoms with Crippen molar-refractivity contribution in [3.8, 4) is 16.9 Å². The summed E-state index contributed by atoms with van der Waals surface area (Å²) in [6.07, 6.45) is 0.634. The molecule has 6 heteroatoms. The summed E-state index contributed by atoms with van der Waals surface area (Å²) in [6.45, 7) is 1.21. The molecule has 0 radical (unpaired) electrons. The van der Waals surface area contributed by atoms with Crippen molar-refractivity contribution in [3.63, 3.8) is 0 Å². The summed E-state index contributed by atoms with van der Waals surface area (Å²) in [5.74, 6) is -0.607. The van der Waals surface area contributed by atoms with Gasteiger partial charge >= 0.3 is 0 Å². The number of phenolic OH excluding ortho intramolecular Hbond substituents is 1. The van der Waals surface area contributed by atoms with Gasteiger partial charge in [0.05, 0.1) is 23.3 Å². The number of hydrogen-bond donors (Lipinski definition) is 2. The number of ether oxygens (including phenoxy) is 2. The van der Waals surface area contributed by atoms with Crippen LogP contribution in [0.15, 0.2) is 42.5 Å². The molecule has 1 fully saturated rings. The van der Waals surface area contributed by atoms with E-state index in [2.05, 4.69) is 5.32 Å². The summed E-state index contributed by atoms with van der Waals surface area (Å²) in [4.78, 5) is 12.4. The molecule has 0 bridgehead atoms. The van der Waals surface area contributed by atoms with Gasteiger partial charge in [-0.3, -0.25) is 4.79 Å². The third-order valence-electron chi connectivity index (χ3n) is 3.88. The summed E-state index contributed by atoms with van der Waals surface area (Å²) in [5, 5.41) is 13.1. The zero-order valence-electron chi connectivity index (χ0n) is 13.0. The Morgan fingerprint density at radius 2 is 2.04 bits per heavy atom. The molecular formula is C18H18ClNO4. The van der Waals surface area contributed by atoms with Gasteiger partial charge < -0.3 is 19.9 Å². The number of carbonyl (C=O) groups excluding carboxylic acids is 1. The summed E-state index contributed by atoms with van der Waals surface area (Å²) in [7, 11) is 0. The SMILES string of the molecule is O=C(NCC1CCOCO1)c1cc(-c2ccccc2)cc(Cl)c1O.